The zero-order valence-electron chi connectivity index (χ0n) is 19.2. The number of anilines is 1. The maximum atomic E-state index is 13.1. The highest BCUT2D eigenvalue weighted by molar-refractivity contribution is 8.18. The number of carbonyl (C=O) groups is 3. The molecule has 1 N–H and O–H groups in total. The third-order valence-electron chi connectivity index (χ3n) is 5.40. The minimum atomic E-state index is -0.519. The van der Waals surface area contributed by atoms with Gasteiger partial charge in [-0.1, -0.05) is 42.5 Å². The maximum Gasteiger partial charge on any atom is 0.294 e. The van der Waals surface area contributed by atoms with Gasteiger partial charge in [-0.2, -0.15) is 0 Å². The summed E-state index contributed by atoms with van der Waals surface area (Å²) in [5, 5.41) is 2.30. The number of hydrogen-bond donors (Lipinski definition) is 1. The molecule has 6 nitrogen and oxygen atoms in total. The van der Waals surface area contributed by atoms with E-state index in [2.05, 4.69) is 5.32 Å². The van der Waals surface area contributed by atoms with Crippen molar-refractivity contribution in [2.24, 2.45) is 0 Å². The van der Waals surface area contributed by atoms with E-state index in [1.165, 1.54) is 12.1 Å². The number of nitrogens with one attached hydrogen (secondary N) is 1. The summed E-state index contributed by atoms with van der Waals surface area (Å²) in [5.74, 6) is -0.709. The number of benzene rings is 3. The van der Waals surface area contributed by atoms with Crippen LogP contribution < -0.4 is 10.1 Å². The Morgan fingerprint density at radius 2 is 1.71 bits per heavy atom. The number of aryl methyl sites for hydroxylation is 2. The van der Waals surface area contributed by atoms with E-state index in [0.29, 0.717) is 17.0 Å². The molecule has 178 valence electrons. The van der Waals surface area contributed by atoms with Gasteiger partial charge in [0.05, 0.1) is 4.91 Å². The lowest BCUT2D eigenvalue weighted by Gasteiger charge is -2.15. The molecule has 0 aromatic heterocycles. The van der Waals surface area contributed by atoms with Gasteiger partial charge >= 0.3 is 0 Å². The van der Waals surface area contributed by atoms with Crippen LogP contribution in [0.3, 0.4) is 0 Å². The van der Waals surface area contributed by atoms with Crippen molar-refractivity contribution in [3.8, 4) is 5.75 Å². The fourth-order valence-corrected chi connectivity index (χ4v) is 4.40. The first-order valence-corrected chi connectivity index (χ1v) is 11.7. The minimum Gasteiger partial charge on any atom is -0.489 e. The van der Waals surface area contributed by atoms with E-state index in [4.69, 9.17) is 4.74 Å². The van der Waals surface area contributed by atoms with Crippen LogP contribution in [0.5, 0.6) is 5.75 Å². The van der Waals surface area contributed by atoms with E-state index in [0.717, 1.165) is 33.4 Å². The molecule has 1 fully saturated rings. The minimum absolute atomic E-state index is 0.227. The number of nitrogens with zero attached hydrogens (tertiary/aromatic N) is 1. The van der Waals surface area contributed by atoms with Crippen molar-refractivity contribution < 1.29 is 23.5 Å². The molecule has 0 saturated carbocycles. The number of para-hydroxylation sites is 1. The second-order valence-corrected chi connectivity index (χ2v) is 9.06. The number of hydrogen-bond acceptors (Lipinski definition) is 5. The molecule has 0 radical (unpaired) electrons. The Bertz CT molecular complexity index is 1300. The molecule has 1 heterocycles. The Morgan fingerprint density at radius 3 is 2.43 bits per heavy atom. The Morgan fingerprint density at radius 1 is 1.03 bits per heavy atom. The van der Waals surface area contributed by atoms with Gasteiger partial charge in [-0.15, -0.1) is 0 Å². The largest absolute Gasteiger partial charge is 0.489 e. The topological polar surface area (TPSA) is 75.7 Å². The molecule has 0 aliphatic carbocycles. The Labute approximate surface area is 206 Å². The SMILES string of the molecule is Cc1cccc(C)c1NC(=O)CN1C(=O)S/C(=C/c2cccc(OCc3ccc(F)cc3)c2)C1=O. The molecule has 8 heteroatoms. The molecule has 1 aliphatic rings. The predicted molar refractivity (Wildman–Crippen MR) is 134 cm³/mol. The lowest BCUT2D eigenvalue weighted by atomic mass is 10.1. The second-order valence-electron chi connectivity index (χ2n) is 8.07. The number of thioether (sulfide) groups is 1. The number of imide groups is 1. The van der Waals surface area contributed by atoms with Crippen LogP contribution in [-0.2, 0) is 16.2 Å². The number of ether oxygens (including phenoxy) is 1. The van der Waals surface area contributed by atoms with E-state index in [1.54, 1.807) is 42.5 Å². The summed E-state index contributed by atoms with van der Waals surface area (Å²) in [4.78, 5) is 39.0. The summed E-state index contributed by atoms with van der Waals surface area (Å²) in [7, 11) is 0. The summed E-state index contributed by atoms with van der Waals surface area (Å²) in [6.07, 6.45) is 1.60. The van der Waals surface area contributed by atoms with Gasteiger partial charge in [0.1, 0.15) is 24.7 Å². The third-order valence-corrected chi connectivity index (χ3v) is 6.30. The summed E-state index contributed by atoms with van der Waals surface area (Å²) in [6, 6.07) is 18.7. The highest BCUT2D eigenvalue weighted by atomic mass is 32.2. The van der Waals surface area contributed by atoms with Gasteiger partial charge in [-0.25, -0.2) is 4.39 Å². The molecule has 3 amide bonds. The maximum absolute atomic E-state index is 13.1. The molecule has 0 unspecified atom stereocenters. The molecule has 4 rings (SSSR count). The molecule has 1 aliphatic heterocycles. The highest BCUT2D eigenvalue weighted by Crippen LogP contribution is 2.32. The van der Waals surface area contributed by atoms with Crippen molar-refractivity contribution in [3.05, 3.63) is 99.7 Å². The van der Waals surface area contributed by atoms with Gasteiger partial charge in [0.2, 0.25) is 5.91 Å². The summed E-state index contributed by atoms with van der Waals surface area (Å²) >= 11 is 0.791. The first kappa shape index (κ1) is 24.2. The molecule has 0 bridgehead atoms. The van der Waals surface area contributed by atoms with E-state index in [9.17, 15) is 18.8 Å². The van der Waals surface area contributed by atoms with E-state index in [-0.39, 0.29) is 23.9 Å². The van der Waals surface area contributed by atoms with Crippen molar-refractivity contribution in [3.63, 3.8) is 0 Å². The van der Waals surface area contributed by atoms with Crippen LogP contribution in [0, 0.1) is 19.7 Å². The van der Waals surface area contributed by atoms with E-state index >= 15 is 0 Å². The van der Waals surface area contributed by atoms with Crippen LogP contribution in [0.15, 0.2) is 71.6 Å². The average molecular weight is 491 g/mol. The smallest absolute Gasteiger partial charge is 0.294 e. The zero-order chi connectivity index (χ0) is 24.9. The average Bonchev–Trinajstić information content (AvgIpc) is 3.08. The fourth-order valence-electron chi connectivity index (χ4n) is 3.56. The standard InChI is InChI=1S/C27H23FN2O4S/c1-17-5-3-6-18(2)25(17)29-24(31)15-30-26(32)23(35-27(30)33)14-20-7-4-8-22(13-20)34-16-19-9-11-21(28)12-10-19/h3-14H,15-16H2,1-2H3,(H,29,31)/b23-14+. The summed E-state index contributed by atoms with van der Waals surface area (Å²) in [6.45, 7) is 3.65. The molecule has 0 spiro atoms. The van der Waals surface area contributed by atoms with Crippen LogP contribution in [0.2, 0.25) is 0 Å². The van der Waals surface area contributed by atoms with Crippen LogP contribution >= 0.6 is 11.8 Å². The van der Waals surface area contributed by atoms with Crippen LogP contribution in [0.1, 0.15) is 22.3 Å². The van der Waals surface area contributed by atoms with Crippen molar-refractivity contribution in [2.45, 2.75) is 20.5 Å². The number of rotatable bonds is 7. The predicted octanol–water partition coefficient (Wildman–Crippen LogP) is 5.70. The highest BCUT2D eigenvalue weighted by Gasteiger charge is 2.36. The molecule has 35 heavy (non-hydrogen) atoms. The normalized spacial score (nSPS) is 14.5. The monoisotopic (exact) mass is 490 g/mol. The molecule has 0 atom stereocenters. The van der Waals surface area contributed by atoms with Crippen molar-refractivity contribution in [1.82, 2.24) is 4.90 Å². The van der Waals surface area contributed by atoms with Crippen LogP contribution in [0.25, 0.3) is 6.08 Å². The fraction of sp³-hybridized carbons (Fsp3) is 0.148. The number of amides is 3. The molecule has 3 aromatic rings. The van der Waals surface area contributed by atoms with Gasteiger partial charge in [0.15, 0.2) is 0 Å². The van der Waals surface area contributed by atoms with Crippen LogP contribution in [0.4, 0.5) is 14.9 Å². The molecular weight excluding hydrogens is 467 g/mol. The Balaban J connectivity index is 1.41. The first-order chi connectivity index (χ1) is 16.8. The van der Waals surface area contributed by atoms with Gasteiger partial charge in [-0.05, 0) is 78.2 Å². The quantitative estimate of drug-likeness (QED) is 0.430. The third kappa shape index (κ3) is 5.96. The number of halogens is 1. The van der Waals surface area contributed by atoms with Gasteiger partial charge in [-0.3, -0.25) is 19.3 Å². The number of carbonyl (C=O) groups excluding carboxylic acids is 3. The van der Waals surface area contributed by atoms with Crippen molar-refractivity contribution in [2.75, 3.05) is 11.9 Å². The van der Waals surface area contributed by atoms with Gasteiger partial charge in [0.25, 0.3) is 11.1 Å². The molecule has 3 aromatic carbocycles. The van der Waals surface area contributed by atoms with E-state index < -0.39 is 17.1 Å². The molecule has 1 saturated heterocycles. The van der Waals surface area contributed by atoms with E-state index in [1.807, 2.05) is 32.0 Å². The Hall–Kier alpha value is -3.91. The lowest BCUT2D eigenvalue weighted by molar-refractivity contribution is -0.127. The van der Waals surface area contributed by atoms with Gasteiger partial charge < -0.3 is 10.1 Å². The van der Waals surface area contributed by atoms with Crippen molar-refractivity contribution >= 4 is 40.6 Å². The van der Waals surface area contributed by atoms with Gasteiger partial charge in [0, 0.05) is 5.69 Å². The zero-order valence-corrected chi connectivity index (χ0v) is 20.0. The second kappa shape index (κ2) is 10.6. The summed E-state index contributed by atoms with van der Waals surface area (Å²) in [5.41, 5.74) is 3.96. The van der Waals surface area contributed by atoms with Crippen LogP contribution in [-0.4, -0.2) is 28.5 Å². The Kier molecular flexibility index (Phi) is 7.31. The molecular formula is C27H23FN2O4S. The lowest BCUT2D eigenvalue weighted by Crippen LogP contribution is -2.36. The van der Waals surface area contributed by atoms with Crippen molar-refractivity contribution in [1.29, 1.82) is 0 Å². The first-order valence-electron chi connectivity index (χ1n) is 10.9. The summed E-state index contributed by atoms with van der Waals surface area (Å²) < 4.78 is 18.8.